The van der Waals surface area contributed by atoms with Crippen LogP contribution in [0.1, 0.15) is 42.1 Å². The van der Waals surface area contributed by atoms with Gasteiger partial charge in [-0.25, -0.2) is 9.69 Å². The first-order valence-corrected chi connectivity index (χ1v) is 11.9. The molecule has 1 saturated heterocycles. The van der Waals surface area contributed by atoms with E-state index in [4.69, 9.17) is 0 Å². The molecule has 6 rings (SSSR count). The number of hydrogen-bond acceptors (Lipinski definition) is 4. The molecule has 8 nitrogen and oxygen atoms in total. The quantitative estimate of drug-likeness (QED) is 0.238. The molecule has 3 aromatic carbocycles. The molecule has 180 valence electrons. The van der Waals surface area contributed by atoms with Crippen molar-refractivity contribution in [1.82, 2.24) is 9.88 Å². The van der Waals surface area contributed by atoms with Gasteiger partial charge in [0.2, 0.25) is 0 Å². The zero-order valence-electron chi connectivity index (χ0n) is 19.9. The van der Waals surface area contributed by atoms with Gasteiger partial charge in [0, 0.05) is 35.5 Å². The van der Waals surface area contributed by atoms with Gasteiger partial charge < -0.3 is 9.88 Å². The zero-order chi connectivity index (χ0) is 25.2. The van der Waals surface area contributed by atoms with Crippen LogP contribution in [-0.2, 0) is 16.8 Å². The molecule has 3 heterocycles. The summed E-state index contributed by atoms with van der Waals surface area (Å²) in [7, 11) is 0. The topological polar surface area (TPSA) is 99.5 Å². The first-order valence-electron chi connectivity index (χ1n) is 11.9. The highest BCUT2D eigenvalue weighted by atomic mass is 16.6. The van der Waals surface area contributed by atoms with Crippen LogP contribution in [0.5, 0.6) is 0 Å². The summed E-state index contributed by atoms with van der Waals surface area (Å²) in [5.74, 6) is -0.502. The number of urea groups is 1. The SMILES string of the molecule is CCc1ccc(C2CN3C(=O)N(c4ccc([N+](=O)[O-])cc4)C(=O)[C@]3(C)c3[nH]c4ccccc4c32)cc1. The molecular weight excluding hydrogens is 456 g/mol. The highest BCUT2D eigenvalue weighted by Crippen LogP contribution is 2.50. The van der Waals surface area contributed by atoms with Crippen LogP contribution in [0.2, 0.25) is 0 Å². The number of nitro benzene ring substituents is 1. The van der Waals surface area contributed by atoms with Gasteiger partial charge in [-0.15, -0.1) is 0 Å². The van der Waals surface area contributed by atoms with Crippen LogP contribution < -0.4 is 4.90 Å². The molecule has 1 aromatic heterocycles. The van der Waals surface area contributed by atoms with E-state index in [0.717, 1.165) is 33.4 Å². The number of rotatable bonds is 4. The molecule has 0 saturated carbocycles. The van der Waals surface area contributed by atoms with Crippen LogP contribution in [-0.4, -0.2) is 33.3 Å². The zero-order valence-corrected chi connectivity index (χ0v) is 19.9. The Balaban J connectivity index is 1.52. The van der Waals surface area contributed by atoms with E-state index in [1.54, 1.807) is 11.8 Å². The predicted molar refractivity (Wildman–Crippen MR) is 136 cm³/mol. The molecule has 1 fully saturated rings. The molecule has 0 radical (unpaired) electrons. The molecule has 3 amide bonds. The molecule has 1 N–H and O–H groups in total. The number of imide groups is 1. The minimum Gasteiger partial charge on any atom is -0.356 e. The number of amides is 3. The minimum atomic E-state index is -1.23. The molecule has 4 aromatic rings. The number of anilines is 1. The maximum atomic E-state index is 14.0. The highest BCUT2D eigenvalue weighted by molar-refractivity contribution is 6.23. The highest BCUT2D eigenvalue weighted by Gasteiger charge is 2.60. The Kier molecular flexibility index (Phi) is 4.76. The number of fused-ring (bicyclic) bond motifs is 5. The Bertz CT molecular complexity index is 1540. The largest absolute Gasteiger partial charge is 0.356 e. The third kappa shape index (κ3) is 2.94. The number of carbonyl (C=O) groups excluding carboxylic acids is 2. The van der Waals surface area contributed by atoms with Gasteiger partial charge in [-0.2, -0.15) is 0 Å². The van der Waals surface area contributed by atoms with Crippen molar-refractivity contribution >= 4 is 34.2 Å². The lowest BCUT2D eigenvalue weighted by Crippen LogP contribution is -2.50. The normalized spacial score (nSPS) is 21.1. The number of benzene rings is 3. The third-order valence-corrected chi connectivity index (χ3v) is 7.64. The van der Waals surface area contributed by atoms with Gasteiger partial charge in [0.1, 0.15) is 0 Å². The van der Waals surface area contributed by atoms with Crippen LogP contribution in [0.15, 0.2) is 72.8 Å². The fourth-order valence-electron chi connectivity index (χ4n) is 5.63. The lowest BCUT2D eigenvalue weighted by molar-refractivity contribution is -0.384. The number of aromatic nitrogens is 1. The van der Waals surface area contributed by atoms with E-state index in [-0.39, 0.29) is 17.5 Å². The first-order chi connectivity index (χ1) is 17.3. The summed E-state index contributed by atoms with van der Waals surface area (Å²) in [4.78, 5) is 44.6. The van der Waals surface area contributed by atoms with Gasteiger partial charge in [0.15, 0.2) is 5.54 Å². The van der Waals surface area contributed by atoms with Crippen molar-refractivity contribution in [2.24, 2.45) is 0 Å². The van der Waals surface area contributed by atoms with E-state index in [1.165, 1.54) is 29.8 Å². The molecule has 0 aliphatic carbocycles. The second-order valence-electron chi connectivity index (χ2n) is 9.49. The molecule has 36 heavy (non-hydrogen) atoms. The number of carbonyl (C=O) groups is 2. The number of para-hydroxylation sites is 1. The fraction of sp³-hybridized carbons (Fsp3) is 0.214. The fourth-order valence-corrected chi connectivity index (χ4v) is 5.63. The van der Waals surface area contributed by atoms with Crippen LogP contribution in [0.4, 0.5) is 16.2 Å². The number of nitrogens with one attached hydrogen (secondary N) is 1. The Labute approximate surface area is 207 Å². The van der Waals surface area contributed by atoms with Gasteiger partial charge in [0.05, 0.1) is 16.3 Å². The molecule has 0 spiro atoms. The second-order valence-corrected chi connectivity index (χ2v) is 9.49. The average molecular weight is 481 g/mol. The summed E-state index contributed by atoms with van der Waals surface area (Å²) in [6, 6.07) is 21.5. The van der Waals surface area contributed by atoms with Crippen molar-refractivity contribution in [2.45, 2.75) is 31.7 Å². The molecule has 2 atom stereocenters. The Hall–Kier alpha value is -4.46. The number of hydrogen-bond donors (Lipinski definition) is 1. The van der Waals surface area contributed by atoms with Crippen molar-refractivity contribution in [3.8, 4) is 0 Å². The summed E-state index contributed by atoms with van der Waals surface area (Å²) in [5, 5.41) is 12.1. The minimum absolute atomic E-state index is 0.102. The van der Waals surface area contributed by atoms with Crippen LogP contribution in [0, 0.1) is 10.1 Å². The average Bonchev–Trinajstić information content (AvgIpc) is 3.38. The first kappa shape index (κ1) is 22.0. The van der Waals surface area contributed by atoms with Crippen LogP contribution >= 0.6 is 0 Å². The Morgan fingerprint density at radius 3 is 2.39 bits per heavy atom. The van der Waals surface area contributed by atoms with E-state index in [9.17, 15) is 19.7 Å². The van der Waals surface area contributed by atoms with Crippen molar-refractivity contribution in [3.05, 3.63) is 105 Å². The number of H-pyrrole nitrogens is 1. The van der Waals surface area contributed by atoms with Crippen LogP contribution in [0.3, 0.4) is 0 Å². The maximum Gasteiger partial charge on any atom is 0.332 e. The summed E-state index contributed by atoms with van der Waals surface area (Å²) >= 11 is 0. The van der Waals surface area contributed by atoms with Gasteiger partial charge in [-0.3, -0.25) is 14.9 Å². The lowest BCUT2D eigenvalue weighted by atomic mass is 9.78. The van der Waals surface area contributed by atoms with Crippen LogP contribution in [0.25, 0.3) is 10.9 Å². The second kappa shape index (κ2) is 7.78. The van der Waals surface area contributed by atoms with Gasteiger partial charge >= 0.3 is 6.03 Å². The standard InChI is InChI=1S/C28H24N4O4/c1-3-17-8-10-18(11-9-17)22-16-30-27(34)31(19-12-14-20(15-13-19)32(35)36)26(33)28(30,2)25-24(22)21-6-4-5-7-23(21)29-25/h4-15,22,29H,3,16H2,1-2H3/t22?,28-/m0/s1. The summed E-state index contributed by atoms with van der Waals surface area (Å²) in [6.07, 6.45) is 0.935. The number of nitro groups is 1. The van der Waals surface area contributed by atoms with E-state index < -0.39 is 16.5 Å². The summed E-state index contributed by atoms with van der Waals surface area (Å²) in [6.45, 7) is 4.23. The monoisotopic (exact) mass is 480 g/mol. The number of aryl methyl sites for hydroxylation is 1. The summed E-state index contributed by atoms with van der Waals surface area (Å²) < 4.78 is 0. The van der Waals surface area contributed by atoms with E-state index in [2.05, 4.69) is 36.2 Å². The molecule has 2 aliphatic heterocycles. The predicted octanol–water partition coefficient (Wildman–Crippen LogP) is 5.47. The maximum absolute atomic E-state index is 14.0. The third-order valence-electron chi connectivity index (χ3n) is 7.64. The number of nitrogens with zero attached hydrogens (tertiary/aromatic N) is 3. The van der Waals surface area contributed by atoms with Crippen molar-refractivity contribution < 1.29 is 14.5 Å². The smallest absolute Gasteiger partial charge is 0.332 e. The Morgan fingerprint density at radius 1 is 1.03 bits per heavy atom. The van der Waals surface area contributed by atoms with Crippen molar-refractivity contribution in [3.63, 3.8) is 0 Å². The Morgan fingerprint density at radius 2 is 1.72 bits per heavy atom. The molecule has 0 bridgehead atoms. The molecule has 1 unspecified atom stereocenters. The van der Waals surface area contributed by atoms with Gasteiger partial charge in [-0.1, -0.05) is 49.4 Å². The van der Waals surface area contributed by atoms with Gasteiger partial charge in [-0.05, 0) is 48.2 Å². The van der Waals surface area contributed by atoms with E-state index in [1.807, 2.05) is 24.3 Å². The number of non-ortho nitro benzene ring substituents is 1. The molecule has 8 heteroatoms. The summed E-state index contributed by atoms with van der Waals surface area (Å²) in [5.41, 5.74) is 3.94. The number of aromatic amines is 1. The molecule has 2 aliphatic rings. The van der Waals surface area contributed by atoms with E-state index in [0.29, 0.717) is 17.9 Å². The lowest BCUT2D eigenvalue weighted by Gasteiger charge is -2.40. The van der Waals surface area contributed by atoms with Crippen molar-refractivity contribution in [2.75, 3.05) is 11.4 Å². The van der Waals surface area contributed by atoms with Crippen molar-refractivity contribution in [1.29, 1.82) is 0 Å². The molecular formula is C28H24N4O4. The van der Waals surface area contributed by atoms with E-state index >= 15 is 0 Å². The van der Waals surface area contributed by atoms with Gasteiger partial charge in [0.25, 0.3) is 11.6 Å².